The van der Waals surface area contributed by atoms with Crippen molar-refractivity contribution in [3.05, 3.63) is 22.6 Å². The molecular weight excluding hydrogens is 168 g/mol. The van der Waals surface area contributed by atoms with Gasteiger partial charge in [-0.2, -0.15) is 0 Å². The van der Waals surface area contributed by atoms with Gasteiger partial charge in [-0.1, -0.05) is 0 Å². The zero-order valence-electron chi connectivity index (χ0n) is 4.85. The van der Waals surface area contributed by atoms with Gasteiger partial charge in [0.2, 0.25) is 0 Å². The van der Waals surface area contributed by atoms with E-state index in [1.807, 2.05) is 0 Å². The summed E-state index contributed by atoms with van der Waals surface area (Å²) < 4.78 is 5.18. The summed E-state index contributed by atoms with van der Waals surface area (Å²) in [6, 6.07) is 0. The molecule has 0 bridgehead atoms. The van der Waals surface area contributed by atoms with Crippen LogP contribution in [-0.2, 0) is 4.74 Å². The predicted octanol–water partition coefficient (Wildman–Crippen LogP) is 1.72. The average Bonchev–Trinajstić information content (AvgIpc) is 2.35. The van der Waals surface area contributed by atoms with Crippen molar-refractivity contribution in [2.75, 3.05) is 0 Å². The highest BCUT2D eigenvalue weighted by atomic mass is 32.1. The molecule has 0 saturated heterocycles. The number of ether oxygens (including phenoxy) is 1. The van der Waals surface area contributed by atoms with Gasteiger partial charge in [-0.15, -0.1) is 35.5 Å². The van der Waals surface area contributed by atoms with Crippen molar-refractivity contribution in [1.82, 2.24) is 0 Å². The Bertz CT molecular complexity index is 269. The van der Waals surface area contributed by atoms with Crippen molar-refractivity contribution >= 4 is 25.3 Å². The van der Waals surface area contributed by atoms with E-state index in [9.17, 15) is 0 Å². The number of hydrogen-bond donors (Lipinski definition) is 2. The molecule has 2 aliphatic heterocycles. The number of azo groups is 1. The second-order valence-corrected chi connectivity index (χ2v) is 2.85. The van der Waals surface area contributed by atoms with Crippen LogP contribution < -0.4 is 0 Å². The van der Waals surface area contributed by atoms with Gasteiger partial charge >= 0.3 is 0 Å². The second kappa shape index (κ2) is 2.03. The SMILES string of the molecule is SC1=C2OC(S)C=C2N=N1. The maximum atomic E-state index is 5.18. The van der Waals surface area contributed by atoms with E-state index in [0.717, 1.165) is 5.70 Å². The van der Waals surface area contributed by atoms with Crippen LogP contribution in [0.5, 0.6) is 0 Å². The highest BCUT2D eigenvalue weighted by molar-refractivity contribution is 7.84. The topological polar surface area (TPSA) is 34.0 Å². The highest BCUT2D eigenvalue weighted by Gasteiger charge is 2.25. The molecule has 0 aromatic carbocycles. The third kappa shape index (κ3) is 0.775. The third-order valence-electron chi connectivity index (χ3n) is 1.23. The van der Waals surface area contributed by atoms with Gasteiger partial charge in [-0.25, -0.2) is 0 Å². The summed E-state index contributed by atoms with van der Waals surface area (Å²) in [6.45, 7) is 0. The summed E-state index contributed by atoms with van der Waals surface area (Å²) >= 11 is 8.10. The molecule has 2 rings (SSSR count). The molecule has 1 atom stereocenters. The summed E-state index contributed by atoms with van der Waals surface area (Å²) in [5.41, 5.74) is 0.552. The average molecular weight is 172 g/mol. The minimum absolute atomic E-state index is 0.189. The number of thiol groups is 2. The Morgan fingerprint density at radius 3 is 3.00 bits per heavy atom. The molecule has 0 saturated carbocycles. The molecule has 0 spiro atoms. The molecule has 0 aromatic heterocycles. The fraction of sp³-hybridized carbons (Fsp3) is 0.200. The van der Waals surface area contributed by atoms with E-state index in [0.29, 0.717) is 10.8 Å². The van der Waals surface area contributed by atoms with Crippen LogP contribution in [0.2, 0.25) is 0 Å². The van der Waals surface area contributed by atoms with Gasteiger partial charge in [0, 0.05) is 0 Å². The van der Waals surface area contributed by atoms with Gasteiger partial charge < -0.3 is 4.74 Å². The standard InChI is InChI=1S/C5H4N2OS2/c9-3-1-2-4(8-3)5(10)7-6-2/h1,3,9-10H. The Morgan fingerprint density at radius 2 is 2.30 bits per heavy atom. The lowest BCUT2D eigenvalue weighted by molar-refractivity contribution is 0.251. The van der Waals surface area contributed by atoms with Gasteiger partial charge in [0.1, 0.15) is 5.70 Å². The number of fused-ring (bicyclic) bond motifs is 1. The fourth-order valence-corrected chi connectivity index (χ4v) is 1.28. The number of nitrogens with zero attached hydrogens (tertiary/aromatic N) is 2. The van der Waals surface area contributed by atoms with Gasteiger partial charge in [0.15, 0.2) is 16.2 Å². The summed E-state index contributed by atoms with van der Waals surface area (Å²) in [5.74, 6) is 0.642. The molecule has 1 unspecified atom stereocenters. The van der Waals surface area contributed by atoms with Gasteiger partial charge in [-0.05, 0) is 6.08 Å². The first-order valence-corrected chi connectivity index (χ1v) is 3.65. The molecule has 0 amide bonds. The lowest BCUT2D eigenvalue weighted by Crippen LogP contribution is -1.91. The summed E-state index contributed by atoms with van der Waals surface area (Å²) in [6.07, 6.45) is 1.78. The molecule has 0 N–H and O–H groups in total. The lowest BCUT2D eigenvalue weighted by Gasteiger charge is -2.00. The molecule has 3 nitrogen and oxygen atoms in total. The monoisotopic (exact) mass is 172 g/mol. The minimum atomic E-state index is -0.189. The van der Waals surface area contributed by atoms with Crippen molar-refractivity contribution in [2.45, 2.75) is 5.44 Å². The van der Waals surface area contributed by atoms with E-state index in [1.165, 1.54) is 0 Å². The van der Waals surface area contributed by atoms with Crippen LogP contribution in [0.15, 0.2) is 32.8 Å². The minimum Gasteiger partial charge on any atom is -0.471 e. The van der Waals surface area contributed by atoms with Crippen LogP contribution >= 0.6 is 25.3 Å². The molecule has 0 aromatic rings. The van der Waals surface area contributed by atoms with Gasteiger partial charge in [0.25, 0.3) is 0 Å². The lowest BCUT2D eigenvalue weighted by atomic mass is 10.4. The Morgan fingerprint density at radius 1 is 1.50 bits per heavy atom. The third-order valence-corrected chi connectivity index (χ3v) is 1.77. The Labute approximate surface area is 68.7 Å². The maximum Gasteiger partial charge on any atom is 0.182 e. The smallest absolute Gasteiger partial charge is 0.182 e. The normalized spacial score (nSPS) is 28.6. The Balaban J connectivity index is 2.45. The van der Waals surface area contributed by atoms with Crippen molar-refractivity contribution in [3.63, 3.8) is 0 Å². The molecular formula is C5H4N2OS2. The van der Waals surface area contributed by atoms with E-state index < -0.39 is 0 Å². The highest BCUT2D eigenvalue weighted by Crippen LogP contribution is 2.35. The first-order valence-electron chi connectivity index (χ1n) is 2.69. The van der Waals surface area contributed by atoms with Crippen molar-refractivity contribution in [1.29, 1.82) is 0 Å². The van der Waals surface area contributed by atoms with E-state index >= 15 is 0 Å². The molecule has 5 heteroatoms. The molecule has 0 radical (unpaired) electrons. The Hall–Kier alpha value is -0.420. The molecule has 10 heavy (non-hydrogen) atoms. The predicted molar refractivity (Wildman–Crippen MR) is 42.8 cm³/mol. The first kappa shape index (κ1) is 6.30. The zero-order valence-corrected chi connectivity index (χ0v) is 6.64. The van der Waals surface area contributed by atoms with Crippen LogP contribution in [0.25, 0.3) is 0 Å². The first-order chi connectivity index (χ1) is 4.77. The fourth-order valence-electron chi connectivity index (χ4n) is 0.819. The zero-order chi connectivity index (χ0) is 7.14. The van der Waals surface area contributed by atoms with Gasteiger partial charge in [-0.3, -0.25) is 0 Å². The van der Waals surface area contributed by atoms with Crippen molar-refractivity contribution < 1.29 is 4.74 Å². The molecule has 2 heterocycles. The quantitative estimate of drug-likeness (QED) is 0.536. The van der Waals surface area contributed by atoms with Crippen LogP contribution in [0.1, 0.15) is 0 Å². The summed E-state index contributed by atoms with van der Waals surface area (Å²) in [7, 11) is 0. The van der Waals surface area contributed by atoms with Gasteiger partial charge in [0.05, 0.1) is 0 Å². The van der Waals surface area contributed by atoms with E-state index in [1.54, 1.807) is 6.08 Å². The maximum absolute atomic E-state index is 5.18. The summed E-state index contributed by atoms with van der Waals surface area (Å²) in [4.78, 5) is 0. The van der Waals surface area contributed by atoms with Crippen molar-refractivity contribution in [2.24, 2.45) is 10.2 Å². The molecule has 52 valence electrons. The molecule has 2 aliphatic rings. The number of hydrogen-bond acceptors (Lipinski definition) is 5. The van der Waals surface area contributed by atoms with E-state index in [2.05, 4.69) is 35.5 Å². The largest absolute Gasteiger partial charge is 0.471 e. The molecule has 0 aliphatic carbocycles. The van der Waals surface area contributed by atoms with E-state index in [4.69, 9.17) is 4.74 Å². The van der Waals surface area contributed by atoms with Crippen LogP contribution in [0.4, 0.5) is 0 Å². The van der Waals surface area contributed by atoms with Crippen LogP contribution in [0.3, 0.4) is 0 Å². The van der Waals surface area contributed by atoms with E-state index in [-0.39, 0.29) is 5.44 Å². The summed E-state index contributed by atoms with van der Waals surface area (Å²) in [5, 5.41) is 8.02. The Kier molecular flexibility index (Phi) is 1.28. The van der Waals surface area contributed by atoms with Crippen LogP contribution in [0, 0.1) is 0 Å². The molecule has 0 fully saturated rings. The number of rotatable bonds is 0. The van der Waals surface area contributed by atoms with Crippen molar-refractivity contribution in [3.8, 4) is 0 Å². The van der Waals surface area contributed by atoms with Crippen LogP contribution in [-0.4, -0.2) is 5.44 Å². The second-order valence-electron chi connectivity index (χ2n) is 1.91.